The molecule has 0 saturated carbocycles. The highest BCUT2D eigenvalue weighted by molar-refractivity contribution is 5.84. The van der Waals surface area contributed by atoms with Crippen LogP contribution in [0, 0.1) is 6.92 Å². The molecule has 3 N–H and O–H groups in total. The Morgan fingerprint density at radius 3 is 2.48 bits per heavy atom. The summed E-state index contributed by atoms with van der Waals surface area (Å²) in [7, 11) is 0. The summed E-state index contributed by atoms with van der Waals surface area (Å²) < 4.78 is 5.64. The van der Waals surface area contributed by atoms with Crippen LogP contribution in [0.5, 0.6) is 5.75 Å². The monoisotopic (exact) mass is 320 g/mol. The highest BCUT2D eigenvalue weighted by atomic mass is 16.5. The summed E-state index contributed by atoms with van der Waals surface area (Å²) in [6.07, 6.45) is 0.921. The second kappa shape index (κ2) is 11.3. The molecule has 0 fully saturated rings. The van der Waals surface area contributed by atoms with Crippen LogP contribution in [0.2, 0.25) is 0 Å². The molecule has 128 valence electrons. The number of nitrogens with one attached hydrogen (secondary N) is 3. The normalized spacial score (nSPS) is 11.0. The van der Waals surface area contributed by atoms with E-state index in [0.29, 0.717) is 25.7 Å². The van der Waals surface area contributed by atoms with Crippen LogP contribution < -0.4 is 20.7 Å². The van der Waals surface area contributed by atoms with Gasteiger partial charge in [0.15, 0.2) is 5.96 Å². The summed E-state index contributed by atoms with van der Waals surface area (Å²) in [6.45, 7) is 8.71. The molecule has 1 aromatic rings. The van der Waals surface area contributed by atoms with Gasteiger partial charge < -0.3 is 20.7 Å². The van der Waals surface area contributed by atoms with Crippen molar-refractivity contribution < 1.29 is 9.53 Å². The lowest BCUT2D eigenvalue weighted by Crippen LogP contribution is -2.40. The molecule has 0 aliphatic rings. The first kappa shape index (κ1) is 18.8. The van der Waals surface area contributed by atoms with Gasteiger partial charge in [0.05, 0.1) is 6.54 Å². The second-order valence-corrected chi connectivity index (χ2v) is 5.13. The summed E-state index contributed by atoms with van der Waals surface area (Å²) in [4.78, 5) is 15.8. The minimum Gasteiger partial charge on any atom is -0.492 e. The van der Waals surface area contributed by atoms with Crippen LogP contribution in [-0.2, 0) is 4.79 Å². The summed E-state index contributed by atoms with van der Waals surface area (Å²) in [6, 6.07) is 7.94. The first-order valence-electron chi connectivity index (χ1n) is 8.14. The second-order valence-electron chi connectivity index (χ2n) is 5.13. The number of ether oxygens (including phenoxy) is 1. The number of benzene rings is 1. The van der Waals surface area contributed by atoms with Gasteiger partial charge in [0.25, 0.3) is 0 Å². The Labute approximate surface area is 138 Å². The quantitative estimate of drug-likeness (QED) is 0.366. The van der Waals surface area contributed by atoms with E-state index in [1.54, 1.807) is 0 Å². The Morgan fingerprint density at radius 2 is 1.83 bits per heavy atom. The van der Waals surface area contributed by atoms with Crippen LogP contribution in [-0.4, -0.2) is 44.7 Å². The molecule has 1 amide bonds. The number of aryl methyl sites for hydroxylation is 1. The van der Waals surface area contributed by atoms with Crippen molar-refractivity contribution in [3.63, 3.8) is 0 Å². The van der Waals surface area contributed by atoms with Crippen molar-refractivity contribution in [2.45, 2.75) is 27.2 Å². The van der Waals surface area contributed by atoms with Crippen molar-refractivity contribution in [1.82, 2.24) is 16.0 Å². The topological polar surface area (TPSA) is 74.8 Å². The molecule has 23 heavy (non-hydrogen) atoms. The lowest BCUT2D eigenvalue weighted by atomic mass is 10.2. The van der Waals surface area contributed by atoms with Crippen molar-refractivity contribution in [2.24, 2.45) is 4.99 Å². The van der Waals surface area contributed by atoms with Crippen LogP contribution in [0.1, 0.15) is 25.8 Å². The largest absolute Gasteiger partial charge is 0.492 e. The van der Waals surface area contributed by atoms with E-state index in [-0.39, 0.29) is 12.5 Å². The molecule has 0 aliphatic heterocycles. The fourth-order valence-corrected chi connectivity index (χ4v) is 1.79. The van der Waals surface area contributed by atoms with E-state index in [1.165, 1.54) is 5.56 Å². The molecule has 0 spiro atoms. The SMILES string of the molecule is CCCNC(=O)CN=C(NCC)NCCOc1ccc(C)cc1. The zero-order valence-corrected chi connectivity index (χ0v) is 14.3. The average molecular weight is 320 g/mol. The molecular formula is C17H28N4O2. The summed E-state index contributed by atoms with van der Waals surface area (Å²) in [5, 5.41) is 9.05. The van der Waals surface area contributed by atoms with E-state index in [2.05, 4.69) is 20.9 Å². The fourth-order valence-electron chi connectivity index (χ4n) is 1.79. The van der Waals surface area contributed by atoms with Crippen LogP contribution in [0.3, 0.4) is 0 Å². The van der Waals surface area contributed by atoms with Gasteiger partial charge in [0.1, 0.15) is 18.9 Å². The Hall–Kier alpha value is -2.24. The molecule has 0 atom stereocenters. The van der Waals surface area contributed by atoms with Crippen LogP contribution in [0.4, 0.5) is 0 Å². The van der Waals surface area contributed by atoms with Gasteiger partial charge in [0.2, 0.25) is 5.91 Å². The maximum atomic E-state index is 11.6. The number of carbonyl (C=O) groups is 1. The Bertz CT molecular complexity index is 486. The van der Waals surface area contributed by atoms with Crippen molar-refractivity contribution in [3.05, 3.63) is 29.8 Å². The first-order chi connectivity index (χ1) is 11.2. The third kappa shape index (κ3) is 8.70. The van der Waals surface area contributed by atoms with Gasteiger partial charge in [-0.25, -0.2) is 4.99 Å². The molecule has 0 heterocycles. The van der Waals surface area contributed by atoms with Gasteiger partial charge in [-0.05, 0) is 32.4 Å². The van der Waals surface area contributed by atoms with E-state index in [1.807, 2.05) is 45.0 Å². The average Bonchev–Trinajstić information content (AvgIpc) is 2.56. The smallest absolute Gasteiger partial charge is 0.241 e. The van der Waals surface area contributed by atoms with Crippen LogP contribution >= 0.6 is 0 Å². The third-order valence-corrected chi connectivity index (χ3v) is 2.98. The van der Waals surface area contributed by atoms with E-state index < -0.39 is 0 Å². The minimum atomic E-state index is -0.0695. The van der Waals surface area contributed by atoms with E-state index in [4.69, 9.17) is 4.74 Å². The van der Waals surface area contributed by atoms with Crippen LogP contribution in [0.25, 0.3) is 0 Å². The number of aliphatic imine (C=N–C) groups is 1. The number of amides is 1. The Morgan fingerprint density at radius 1 is 1.09 bits per heavy atom. The molecule has 0 radical (unpaired) electrons. The molecule has 6 heteroatoms. The Balaban J connectivity index is 2.31. The first-order valence-corrected chi connectivity index (χ1v) is 8.14. The number of carbonyl (C=O) groups excluding carboxylic acids is 1. The summed E-state index contributed by atoms with van der Waals surface area (Å²) in [5.41, 5.74) is 1.21. The zero-order valence-electron chi connectivity index (χ0n) is 14.3. The highest BCUT2D eigenvalue weighted by Gasteiger charge is 2.01. The molecule has 0 saturated heterocycles. The molecule has 0 aromatic heterocycles. The van der Waals surface area contributed by atoms with Gasteiger partial charge >= 0.3 is 0 Å². The molecule has 1 rings (SSSR count). The molecule has 0 aliphatic carbocycles. The number of hydrogen-bond donors (Lipinski definition) is 3. The van der Waals surface area contributed by atoms with Crippen molar-refractivity contribution in [3.8, 4) is 5.75 Å². The van der Waals surface area contributed by atoms with Gasteiger partial charge in [0, 0.05) is 13.1 Å². The zero-order chi connectivity index (χ0) is 16.9. The molecule has 6 nitrogen and oxygen atoms in total. The predicted molar refractivity (Wildman–Crippen MR) is 94.0 cm³/mol. The predicted octanol–water partition coefficient (Wildman–Crippen LogP) is 1.46. The standard InChI is InChI=1S/C17H28N4O2/c1-4-10-19-16(22)13-21-17(18-5-2)20-11-12-23-15-8-6-14(3)7-9-15/h6-9H,4-5,10-13H2,1-3H3,(H,19,22)(H2,18,20,21). The minimum absolute atomic E-state index is 0.0695. The number of hydrogen-bond acceptors (Lipinski definition) is 3. The third-order valence-electron chi connectivity index (χ3n) is 2.98. The maximum absolute atomic E-state index is 11.6. The van der Waals surface area contributed by atoms with E-state index in [9.17, 15) is 4.79 Å². The fraction of sp³-hybridized carbons (Fsp3) is 0.529. The number of nitrogens with zero attached hydrogens (tertiary/aromatic N) is 1. The van der Waals surface area contributed by atoms with Gasteiger partial charge in [-0.15, -0.1) is 0 Å². The lowest BCUT2D eigenvalue weighted by molar-refractivity contribution is -0.119. The van der Waals surface area contributed by atoms with Crippen LogP contribution in [0.15, 0.2) is 29.3 Å². The summed E-state index contributed by atoms with van der Waals surface area (Å²) >= 11 is 0. The van der Waals surface area contributed by atoms with Gasteiger partial charge in [-0.3, -0.25) is 4.79 Å². The highest BCUT2D eigenvalue weighted by Crippen LogP contribution is 2.10. The lowest BCUT2D eigenvalue weighted by Gasteiger charge is -2.12. The maximum Gasteiger partial charge on any atom is 0.241 e. The van der Waals surface area contributed by atoms with Crippen molar-refractivity contribution in [1.29, 1.82) is 0 Å². The summed E-state index contributed by atoms with van der Waals surface area (Å²) in [5.74, 6) is 1.39. The van der Waals surface area contributed by atoms with Gasteiger partial charge in [-0.2, -0.15) is 0 Å². The Kier molecular flexibility index (Phi) is 9.28. The van der Waals surface area contributed by atoms with Crippen molar-refractivity contribution in [2.75, 3.05) is 32.8 Å². The molecule has 0 unspecified atom stereocenters. The molecular weight excluding hydrogens is 292 g/mol. The van der Waals surface area contributed by atoms with E-state index in [0.717, 1.165) is 18.7 Å². The number of rotatable bonds is 9. The van der Waals surface area contributed by atoms with Crippen molar-refractivity contribution >= 4 is 11.9 Å². The molecule has 1 aromatic carbocycles. The van der Waals surface area contributed by atoms with E-state index >= 15 is 0 Å². The number of guanidine groups is 1. The molecule has 0 bridgehead atoms. The van der Waals surface area contributed by atoms with Gasteiger partial charge in [-0.1, -0.05) is 24.6 Å².